The zero-order valence-electron chi connectivity index (χ0n) is 18.7. The minimum Gasteiger partial charge on any atom is -0.469 e. The third-order valence-electron chi connectivity index (χ3n) is 4.62. The van der Waals surface area contributed by atoms with E-state index in [0.29, 0.717) is 0 Å². The molecule has 30 heavy (non-hydrogen) atoms. The summed E-state index contributed by atoms with van der Waals surface area (Å²) in [6.07, 6.45) is 16.2. The largest absolute Gasteiger partial charge is 0.469 e. The molecule has 0 amide bonds. The van der Waals surface area contributed by atoms with Gasteiger partial charge in [0.1, 0.15) is 18.3 Å². The minimum atomic E-state index is 0.0797. The Kier molecular flexibility index (Phi) is 10.9. The highest BCUT2D eigenvalue weighted by Gasteiger charge is 2.16. The van der Waals surface area contributed by atoms with Gasteiger partial charge in [-0.1, -0.05) is 34.9 Å². The van der Waals surface area contributed by atoms with Gasteiger partial charge in [0.2, 0.25) is 0 Å². The van der Waals surface area contributed by atoms with Gasteiger partial charge in [-0.2, -0.15) is 0 Å². The van der Waals surface area contributed by atoms with E-state index in [-0.39, 0.29) is 6.04 Å². The van der Waals surface area contributed by atoms with Crippen LogP contribution in [0.2, 0.25) is 0 Å². The monoisotopic (exact) mass is 425 g/mol. The van der Waals surface area contributed by atoms with Crippen molar-refractivity contribution in [2.75, 3.05) is 11.1 Å². The van der Waals surface area contributed by atoms with Crippen molar-refractivity contribution in [3.8, 4) is 0 Å². The van der Waals surface area contributed by atoms with Gasteiger partial charge in [-0.05, 0) is 70.9 Å². The number of anilines is 1. The van der Waals surface area contributed by atoms with Crippen molar-refractivity contribution in [1.82, 2.24) is 10.3 Å². The van der Waals surface area contributed by atoms with Gasteiger partial charge in [-0.3, -0.25) is 0 Å². The Morgan fingerprint density at radius 1 is 1.13 bits per heavy atom. The lowest BCUT2D eigenvalue weighted by Gasteiger charge is -2.23. The molecule has 2 N–H and O–H groups in total. The smallest absolute Gasteiger partial charge is 0.126 e. The summed E-state index contributed by atoms with van der Waals surface area (Å²) >= 11 is 1.82. The molecule has 1 aliphatic rings. The summed E-state index contributed by atoms with van der Waals surface area (Å²) in [4.78, 5) is 4.38. The number of rotatable bonds is 12. The molecule has 0 saturated heterocycles. The van der Waals surface area contributed by atoms with Gasteiger partial charge in [0.05, 0.1) is 11.7 Å². The van der Waals surface area contributed by atoms with E-state index in [2.05, 4.69) is 60.9 Å². The number of thioether (sulfide) groups is 1. The first-order chi connectivity index (χ1) is 14.5. The molecule has 2 heterocycles. The standard InChI is InChI=1S/C25H35N3OS/c1-20(2)9-7-10-21(3)11-8-12-22(4)18-30-19-24(23-17-29-16-15-26-23)28-25-13-5-6-14-27-25/h5-6,9,11,13-18,24,26H,7-8,10,12,19H2,1-4H3,(H,27,28). The van der Waals surface area contributed by atoms with E-state index in [0.717, 1.165) is 43.0 Å². The van der Waals surface area contributed by atoms with Gasteiger partial charge >= 0.3 is 0 Å². The topological polar surface area (TPSA) is 46.2 Å². The molecular weight excluding hydrogens is 390 g/mol. The predicted molar refractivity (Wildman–Crippen MR) is 131 cm³/mol. The lowest BCUT2D eigenvalue weighted by molar-refractivity contribution is 0.379. The summed E-state index contributed by atoms with van der Waals surface area (Å²) in [5.41, 5.74) is 5.29. The Bertz CT molecular complexity index is 790. The first kappa shape index (κ1) is 23.9. The third-order valence-corrected chi connectivity index (χ3v) is 5.72. The summed E-state index contributed by atoms with van der Waals surface area (Å²) in [5, 5.41) is 9.03. The second-order valence-electron chi connectivity index (χ2n) is 7.78. The fraction of sp³-hybridized carbons (Fsp3) is 0.400. The Morgan fingerprint density at radius 2 is 1.93 bits per heavy atom. The van der Waals surface area contributed by atoms with Crippen molar-refractivity contribution in [3.63, 3.8) is 0 Å². The lowest BCUT2D eigenvalue weighted by Crippen LogP contribution is -2.32. The van der Waals surface area contributed by atoms with Crippen molar-refractivity contribution < 1.29 is 4.74 Å². The van der Waals surface area contributed by atoms with E-state index in [4.69, 9.17) is 4.74 Å². The van der Waals surface area contributed by atoms with E-state index in [1.807, 2.05) is 30.0 Å². The molecule has 5 heteroatoms. The summed E-state index contributed by atoms with van der Waals surface area (Å²) < 4.78 is 5.34. The fourth-order valence-corrected chi connectivity index (χ4v) is 3.87. The first-order valence-electron chi connectivity index (χ1n) is 10.6. The van der Waals surface area contributed by atoms with Gasteiger partial charge in [0.15, 0.2) is 0 Å². The Morgan fingerprint density at radius 3 is 2.63 bits per heavy atom. The van der Waals surface area contributed by atoms with E-state index >= 15 is 0 Å². The second-order valence-corrected chi connectivity index (χ2v) is 8.68. The molecule has 0 spiro atoms. The van der Waals surface area contributed by atoms with Crippen LogP contribution in [0.4, 0.5) is 5.82 Å². The van der Waals surface area contributed by atoms with E-state index < -0.39 is 0 Å². The van der Waals surface area contributed by atoms with Crippen LogP contribution >= 0.6 is 11.8 Å². The average Bonchev–Trinajstić information content (AvgIpc) is 2.74. The van der Waals surface area contributed by atoms with E-state index in [9.17, 15) is 0 Å². The van der Waals surface area contributed by atoms with E-state index in [1.54, 1.807) is 24.9 Å². The maximum absolute atomic E-state index is 5.34. The van der Waals surface area contributed by atoms with Crippen LogP contribution in [0, 0.1) is 0 Å². The van der Waals surface area contributed by atoms with Crippen LogP contribution in [-0.2, 0) is 4.74 Å². The highest BCUT2D eigenvalue weighted by molar-refractivity contribution is 8.02. The molecule has 2 rings (SSSR count). The fourth-order valence-electron chi connectivity index (χ4n) is 2.92. The number of nitrogens with zero attached hydrogens (tertiary/aromatic N) is 1. The molecule has 162 valence electrons. The van der Waals surface area contributed by atoms with Crippen LogP contribution in [0.3, 0.4) is 0 Å². The molecule has 0 saturated carbocycles. The van der Waals surface area contributed by atoms with Crippen LogP contribution in [-0.4, -0.2) is 16.8 Å². The highest BCUT2D eigenvalue weighted by atomic mass is 32.2. The maximum Gasteiger partial charge on any atom is 0.126 e. The number of ether oxygens (including phenoxy) is 1. The van der Waals surface area contributed by atoms with E-state index in [1.165, 1.54) is 16.7 Å². The third kappa shape index (κ3) is 9.88. The van der Waals surface area contributed by atoms with Crippen molar-refractivity contribution in [2.24, 2.45) is 0 Å². The van der Waals surface area contributed by atoms with Crippen molar-refractivity contribution in [2.45, 2.75) is 59.4 Å². The number of pyridine rings is 1. The molecule has 1 unspecified atom stereocenters. The zero-order valence-corrected chi connectivity index (χ0v) is 19.5. The van der Waals surface area contributed by atoms with Gasteiger partial charge in [-0.25, -0.2) is 4.98 Å². The molecule has 1 aromatic heterocycles. The van der Waals surface area contributed by atoms with Gasteiger partial charge in [0, 0.05) is 18.1 Å². The summed E-state index contributed by atoms with van der Waals surface area (Å²) in [6, 6.07) is 5.96. The van der Waals surface area contributed by atoms with Gasteiger partial charge < -0.3 is 15.4 Å². The lowest BCUT2D eigenvalue weighted by atomic mass is 10.1. The van der Waals surface area contributed by atoms with Crippen molar-refractivity contribution in [1.29, 1.82) is 0 Å². The first-order valence-corrected chi connectivity index (χ1v) is 11.6. The molecule has 4 nitrogen and oxygen atoms in total. The predicted octanol–water partition coefficient (Wildman–Crippen LogP) is 6.90. The quantitative estimate of drug-likeness (QED) is 0.356. The zero-order chi connectivity index (χ0) is 21.6. The van der Waals surface area contributed by atoms with Gasteiger partial charge in [0.25, 0.3) is 0 Å². The number of hydrogen-bond acceptors (Lipinski definition) is 5. The van der Waals surface area contributed by atoms with Crippen LogP contribution < -0.4 is 10.6 Å². The summed E-state index contributed by atoms with van der Waals surface area (Å²) in [6.45, 7) is 8.77. The van der Waals surface area contributed by atoms with Crippen LogP contribution in [0.15, 0.2) is 83.1 Å². The molecule has 0 aliphatic carbocycles. The number of hydrogen-bond donors (Lipinski definition) is 2. The molecule has 0 radical (unpaired) electrons. The minimum absolute atomic E-state index is 0.0797. The van der Waals surface area contributed by atoms with Crippen LogP contribution in [0.1, 0.15) is 53.4 Å². The Hall–Kier alpha value is -2.40. The molecular formula is C25H35N3OS. The average molecular weight is 426 g/mol. The summed E-state index contributed by atoms with van der Waals surface area (Å²) in [7, 11) is 0. The molecule has 1 aliphatic heterocycles. The Labute approximate surface area is 186 Å². The molecule has 0 fully saturated rings. The van der Waals surface area contributed by atoms with Gasteiger partial charge in [-0.15, -0.1) is 11.8 Å². The van der Waals surface area contributed by atoms with Crippen molar-refractivity contribution >= 4 is 17.6 Å². The summed E-state index contributed by atoms with van der Waals surface area (Å²) in [5.74, 6) is 1.73. The van der Waals surface area contributed by atoms with Crippen LogP contribution in [0.25, 0.3) is 0 Å². The molecule has 0 bridgehead atoms. The highest BCUT2D eigenvalue weighted by Crippen LogP contribution is 2.19. The molecule has 1 aromatic rings. The molecule has 1 atom stereocenters. The molecule has 0 aromatic carbocycles. The normalized spacial score (nSPS) is 15.0. The number of aromatic nitrogens is 1. The Balaban J connectivity index is 1.81. The second kappa shape index (κ2) is 13.8. The number of allylic oxidation sites excluding steroid dienone is 5. The maximum atomic E-state index is 5.34. The number of nitrogens with one attached hydrogen (secondary N) is 2. The van der Waals surface area contributed by atoms with Crippen LogP contribution in [0.5, 0.6) is 0 Å². The SMILES string of the molecule is CC(C)=CCCC(C)=CCCC(C)=CSCC(Nc1ccccn1)C1=COC=CN1. The van der Waals surface area contributed by atoms with Crippen molar-refractivity contribution in [3.05, 3.63) is 83.1 Å².